The normalized spacial score (nSPS) is 10.7. The van der Waals surface area contributed by atoms with Gasteiger partial charge < -0.3 is 9.47 Å². The summed E-state index contributed by atoms with van der Waals surface area (Å²) in [6.45, 7) is 9.91. The number of anilines is 1. The number of fused-ring (bicyclic) bond motifs is 1. The topological polar surface area (TPSA) is 68.7 Å². The Bertz CT molecular complexity index is 799. The van der Waals surface area contributed by atoms with Crippen molar-refractivity contribution in [3.63, 3.8) is 0 Å². The van der Waals surface area contributed by atoms with Crippen molar-refractivity contribution in [3.8, 4) is 0 Å². The molecule has 6 heteroatoms. The van der Waals surface area contributed by atoms with E-state index in [1.54, 1.807) is 20.0 Å². The average Bonchev–Trinajstić information content (AvgIpc) is 2.60. The number of aromatic nitrogens is 1. The summed E-state index contributed by atoms with van der Waals surface area (Å²) in [6, 6.07) is 3.88. The third-order valence-corrected chi connectivity index (χ3v) is 4.28. The van der Waals surface area contributed by atoms with Crippen LogP contribution in [0.1, 0.15) is 43.9 Å². The number of carbonyl (C=O) groups excluding carboxylic acids is 2. The van der Waals surface area contributed by atoms with Crippen LogP contribution < -0.4 is 4.90 Å². The highest BCUT2D eigenvalue weighted by molar-refractivity contribution is 6.14. The predicted molar refractivity (Wildman–Crippen MR) is 102 cm³/mol. The van der Waals surface area contributed by atoms with Gasteiger partial charge in [0.15, 0.2) is 5.82 Å². The van der Waals surface area contributed by atoms with Crippen molar-refractivity contribution >= 4 is 28.8 Å². The largest absolute Gasteiger partial charge is 0.449 e. The van der Waals surface area contributed by atoms with Gasteiger partial charge in [0.1, 0.15) is 0 Å². The summed E-state index contributed by atoms with van der Waals surface area (Å²) < 4.78 is 10.1. The summed E-state index contributed by atoms with van der Waals surface area (Å²) in [6.07, 6.45) is 2.03. The Morgan fingerprint density at radius 1 is 1.04 bits per heavy atom. The first-order chi connectivity index (χ1) is 12.5. The van der Waals surface area contributed by atoms with E-state index in [-0.39, 0.29) is 19.0 Å². The molecule has 0 saturated heterocycles. The van der Waals surface area contributed by atoms with Gasteiger partial charge in [-0.3, -0.25) is 0 Å². The van der Waals surface area contributed by atoms with Crippen LogP contribution in [0.4, 0.5) is 15.4 Å². The fourth-order valence-corrected chi connectivity index (χ4v) is 3.13. The maximum atomic E-state index is 12.4. The molecule has 140 valence electrons. The number of rotatable bonds is 5. The van der Waals surface area contributed by atoms with Gasteiger partial charge in [-0.15, -0.1) is 0 Å². The van der Waals surface area contributed by atoms with E-state index < -0.39 is 12.2 Å². The molecular formula is C20H26N2O4. The lowest BCUT2D eigenvalue weighted by atomic mass is 9.93. The molecule has 0 aliphatic rings. The highest BCUT2D eigenvalue weighted by Crippen LogP contribution is 2.32. The van der Waals surface area contributed by atoms with Gasteiger partial charge in [-0.25, -0.2) is 14.6 Å². The first-order valence-corrected chi connectivity index (χ1v) is 8.97. The van der Waals surface area contributed by atoms with Crippen LogP contribution >= 0.6 is 0 Å². The number of hydrogen-bond acceptors (Lipinski definition) is 5. The molecule has 0 fully saturated rings. The average molecular weight is 358 g/mol. The molecule has 1 heterocycles. The minimum atomic E-state index is -0.793. The number of nitrogens with zero attached hydrogens (tertiary/aromatic N) is 2. The summed E-state index contributed by atoms with van der Waals surface area (Å²) in [4.78, 5) is 30.0. The molecule has 26 heavy (non-hydrogen) atoms. The van der Waals surface area contributed by atoms with Crippen LogP contribution in [0.15, 0.2) is 18.3 Å². The first-order valence-electron chi connectivity index (χ1n) is 8.97. The highest BCUT2D eigenvalue weighted by atomic mass is 16.6. The standard InChI is InChI=1S/C20H26N2O4/c1-6-9-15-13(4)12-17-16(14(15)5)10-11-21-18(17)22(19(23)25-7-2)20(24)26-8-3/h10-12H,6-9H2,1-5H3. The Morgan fingerprint density at radius 3 is 2.19 bits per heavy atom. The zero-order chi connectivity index (χ0) is 19.3. The van der Waals surface area contributed by atoms with Crippen molar-refractivity contribution in [3.05, 3.63) is 35.0 Å². The van der Waals surface area contributed by atoms with Crippen LogP contribution in [0.2, 0.25) is 0 Å². The van der Waals surface area contributed by atoms with E-state index in [2.05, 4.69) is 18.8 Å². The number of hydrogen-bond donors (Lipinski definition) is 0. The van der Waals surface area contributed by atoms with E-state index in [0.717, 1.165) is 39.6 Å². The summed E-state index contributed by atoms with van der Waals surface area (Å²) in [7, 11) is 0. The quantitative estimate of drug-likeness (QED) is 0.758. The second-order valence-corrected chi connectivity index (χ2v) is 6.01. The van der Waals surface area contributed by atoms with Crippen molar-refractivity contribution in [2.24, 2.45) is 0 Å². The molecule has 0 saturated carbocycles. The summed E-state index contributed by atoms with van der Waals surface area (Å²) in [5.41, 5.74) is 3.54. The minimum absolute atomic E-state index is 0.151. The van der Waals surface area contributed by atoms with Crippen LogP contribution in [-0.4, -0.2) is 30.4 Å². The number of amides is 2. The molecule has 6 nitrogen and oxygen atoms in total. The monoisotopic (exact) mass is 358 g/mol. The smallest absolute Gasteiger partial charge is 0.425 e. The molecule has 2 aromatic rings. The number of carbonyl (C=O) groups is 2. The minimum Gasteiger partial charge on any atom is -0.449 e. The van der Waals surface area contributed by atoms with Crippen LogP contribution in [0.3, 0.4) is 0 Å². The summed E-state index contributed by atoms with van der Waals surface area (Å²) in [5.74, 6) is 0.230. The van der Waals surface area contributed by atoms with Crippen LogP contribution in [0.25, 0.3) is 10.8 Å². The zero-order valence-corrected chi connectivity index (χ0v) is 16.1. The van der Waals surface area contributed by atoms with Gasteiger partial charge >= 0.3 is 12.2 Å². The molecule has 0 atom stereocenters. The second kappa shape index (κ2) is 8.65. The molecule has 1 aromatic heterocycles. The van der Waals surface area contributed by atoms with E-state index >= 15 is 0 Å². The molecule has 0 radical (unpaired) electrons. The molecule has 0 aliphatic heterocycles. The van der Waals surface area contributed by atoms with Gasteiger partial charge in [-0.1, -0.05) is 13.3 Å². The Morgan fingerprint density at radius 2 is 1.65 bits per heavy atom. The maximum absolute atomic E-state index is 12.4. The summed E-state index contributed by atoms with van der Waals surface area (Å²) in [5, 5.41) is 1.69. The lowest BCUT2D eigenvalue weighted by Crippen LogP contribution is -2.38. The highest BCUT2D eigenvalue weighted by Gasteiger charge is 2.29. The van der Waals surface area contributed by atoms with Crippen molar-refractivity contribution in [2.45, 2.75) is 47.5 Å². The third-order valence-electron chi connectivity index (χ3n) is 4.28. The zero-order valence-electron chi connectivity index (χ0n) is 16.1. The van der Waals surface area contributed by atoms with E-state index in [4.69, 9.17) is 9.47 Å². The Hall–Kier alpha value is -2.63. The maximum Gasteiger partial charge on any atom is 0.425 e. The van der Waals surface area contributed by atoms with E-state index in [0.29, 0.717) is 0 Å². The number of imide groups is 1. The van der Waals surface area contributed by atoms with Gasteiger partial charge in [0, 0.05) is 11.6 Å². The molecule has 0 unspecified atom stereocenters. The predicted octanol–water partition coefficient (Wildman–Crippen LogP) is 4.92. The molecule has 0 spiro atoms. The van der Waals surface area contributed by atoms with Gasteiger partial charge in [-0.05, 0) is 68.3 Å². The molecule has 2 rings (SSSR count). The fourth-order valence-electron chi connectivity index (χ4n) is 3.13. The molecular weight excluding hydrogens is 332 g/mol. The van der Waals surface area contributed by atoms with E-state index in [9.17, 15) is 9.59 Å². The van der Waals surface area contributed by atoms with Gasteiger partial charge in [-0.2, -0.15) is 4.90 Å². The molecule has 0 N–H and O–H groups in total. The molecule has 0 bridgehead atoms. The molecule has 0 aliphatic carbocycles. The Labute approximate surface area is 154 Å². The fraction of sp³-hybridized carbons (Fsp3) is 0.450. The molecule has 2 amide bonds. The van der Waals surface area contributed by atoms with Crippen molar-refractivity contribution < 1.29 is 19.1 Å². The SMILES string of the molecule is CCCc1c(C)cc2c(N(C(=O)OCC)C(=O)OCC)nccc2c1C. The van der Waals surface area contributed by atoms with Crippen molar-refractivity contribution in [1.82, 2.24) is 4.98 Å². The van der Waals surface area contributed by atoms with Crippen LogP contribution in [0, 0.1) is 13.8 Å². The lowest BCUT2D eigenvalue weighted by Gasteiger charge is -2.21. The Kier molecular flexibility index (Phi) is 6.55. The lowest BCUT2D eigenvalue weighted by molar-refractivity contribution is 0.140. The van der Waals surface area contributed by atoms with Crippen molar-refractivity contribution in [1.29, 1.82) is 0 Å². The first kappa shape index (κ1) is 19.7. The van der Waals surface area contributed by atoms with Gasteiger partial charge in [0.05, 0.1) is 13.2 Å². The van der Waals surface area contributed by atoms with Gasteiger partial charge in [0.2, 0.25) is 0 Å². The van der Waals surface area contributed by atoms with E-state index in [1.807, 2.05) is 19.1 Å². The van der Waals surface area contributed by atoms with Gasteiger partial charge in [0.25, 0.3) is 0 Å². The second-order valence-electron chi connectivity index (χ2n) is 6.01. The third kappa shape index (κ3) is 3.79. The Balaban J connectivity index is 2.69. The van der Waals surface area contributed by atoms with Crippen LogP contribution in [-0.2, 0) is 15.9 Å². The number of ether oxygens (including phenoxy) is 2. The number of pyridine rings is 1. The van der Waals surface area contributed by atoms with E-state index in [1.165, 1.54) is 5.56 Å². The number of benzene rings is 1. The summed E-state index contributed by atoms with van der Waals surface area (Å²) >= 11 is 0. The molecule has 1 aromatic carbocycles. The number of aryl methyl sites for hydroxylation is 2. The van der Waals surface area contributed by atoms with Crippen molar-refractivity contribution in [2.75, 3.05) is 18.1 Å². The van der Waals surface area contributed by atoms with Crippen LogP contribution in [0.5, 0.6) is 0 Å².